The van der Waals surface area contributed by atoms with Crippen molar-refractivity contribution in [1.82, 2.24) is 9.78 Å². The number of carbonyl (C=O) groups excluding carboxylic acids is 1. The van der Waals surface area contributed by atoms with Gasteiger partial charge in [-0.1, -0.05) is 18.7 Å². The van der Waals surface area contributed by atoms with E-state index < -0.39 is 0 Å². The monoisotopic (exact) mass is 558 g/mol. The number of amides is 1. The fourth-order valence-corrected chi connectivity index (χ4v) is 6.31. The highest BCUT2D eigenvalue weighted by Crippen LogP contribution is 2.38. The van der Waals surface area contributed by atoms with Gasteiger partial charge >= 0.3 is 0 Å². The van der Waals surface area contributed by atoms with Crippen LogP contribution < -0.4 is 4.90 Å². The van der Waals surface area contributed by atoms with E-state index in [4.69, 9.17) is 4.74 Å². The van der Waals surface area contributed by atoms with Crippen molar-refractivity contribution >= 4 is 17.8 Å². The Hall–Kier alpha value is -3.19. The lowest BCUT2D eigenvalue weighted by Crippen LogP contribution is -2.42. The number of benzene rings is 1. The van der Waals surface area contributed by atoms with E-state index in [1.807, 2.05) is 20.0 Å². The third kappa shape index (κ3) is 7.37. The van der Waals surface area contributed by atoms with Crippen molar-refractivity contribution in [2.45, 2.75) is 90.2 Å². The van der Waals surface area contributed by atoms with Crippen LogP contribution in [0.15, 0.2) is 65.3 Å². The van der Waals surface area contributed by atoms with Gasteiger partial charge in [0.1, 0.15) is 5.76 Å². The highest BCUT2D eigenvalue weighted by molar-refractivity contribution is 5.95. The van der Waals surface area contributed by atoms with Crippen molar-refractivity contribution in [2.24, 2.45) is 22.7 Å². The van der Waals surface area contributed by atoms with Crippen molar-refractivity contribution in [3.63, 3.8) is 0 Å². The van der Waals surface area contributed by atoms with Crippen LogP contribution >= 0.6 is 0 Å². The molecule has 3 aliphatic carbocycles. The molecule has 1 heterocycles. The maximum absolute atomic E-state index is 14.0. The van der Waals surface area contributed by atoms with E-state index in [9.17, 15) is 9.90 Å². The Balaban J connectivity index is 1.29. The van der Waals surface area contributed by atoms with Crippen LogP contribution in [0, 0.1) is 17.8 Å². The summed E-state index contributed by atoms with van der Waals surface area (Å²) in [7, 11) is 1.67. The maximum Gasteiger partial charge on any atom is 0.230 e. The van der Waals surface area contributed by atoms with Gasteiger partial charge in [-0.3, -0.25) is 14.5 Å². The van der Waals surface area contributed by atoms with E-state index in [2.05, 4.69) is 56.7 Å². The van der Waals surface area contributed by atoms with Crippen LogP contribution in [-0.2, 0) is 9.53 Å². The van der Waals surface area contributed by atoms with Crippen LogP contribution in [0.4, 0.5) is 5.69 Å². The first-order valence-corrected chi connectivity index (χ1v) is 15.4. The molecule has 0 bridgehead atoms. The SMILES string of the molecule is C=C(/N=C\C(OC)=C(C)C)[C@H]1CC[C@H](CN(c2cccc(-c3cnn(C4CC4)c3)c2)C(=O)[C@H]2CC[C@H](O)CC2)CC1. The van der Waals surface area contributed by atoms with E-state index in [1.165, 1.54) is 12.8 Å². The molecular formula is C34H46N4O3. The first-order valence-electron chi connectivity index (χ1n) is 15.4. The number of carbonyl (C=O) groups is 1. The molecule has 3 aliphatic rings. The minimum atomic E-state index is -0.276. The molecule has 1 N–H and O–H groups in total. The summed E-state index contributed by atoms with van der Waals surface area (Å²) in [6.45, 7) is 9.00. The van der Waals surface area contributed by atoms with Crippen LogP contribution in [0.25, 0.3) is 11.1 Å². The van der Waals surface area contributed by atoms with E-state index in [1.54, 1.807) is 13.3 Å². The summed E-state index contributed by atoms with van der Waals surface area (Å²) in [5.41, 5.74) is 5.15. The summed E-state index contributed by atoms with van der Waals surface area (Å²) in [5, 5.41) is 14.6. The van der Waals surface area contributed by atoms with Crippen LogP contribution in [0.1, 0.15) is 84.1 Å². The van der Waals surface area contributed by atoms with E-state index >= 15 is 0 Å². The highest BCUT2D eigenvalue weighted by Gasteiger charge is 2.32. The average Bonchev–Trinajstić information content (AvgIpc) is 3.72. The van der Waals surface area contributed by atoms with Gasteiger partial charge in [-0.15, -0.1) is 0 Å². The second-order valence-corrected chi connectivity index (χ2v) is 12.5. The van der Waals surface area contributed by atoms with Gasteiger partial charge < -0.3 is 14.7 Å². The number of nitrogens with zero attached hydrogens (tertiary/aromatic N) is 4. The van der Waals surface area contributed by atoms with Gasteiger partial charge in [-0.05, 0) is 107 Å². The molecule has 1 aromatic carbocycles. The molecular weight excluding hydrogens is 512 g/mol. The van der Waals surface area contributed by atoms with Crippen LogP contribution in [0.3, 0.4) is 0 Å². The molecule has 1 aromatic heterocycles. The number of rotatable bonds is 10. The van der Waals surface area contributed by atoms with Crippen molar-refractivity contribution in [3.8, 4) is 11.1 Å². The van der Waals surface area contributed by atoms with Gasteiger partial charge in [-0.25, -0.2) is 0 Å². The number of allylic oxidation sites excluding steroid dienone is 3. The number of aromatic nitrogens is 2. The predicted molar refractivity (Wildman–Crippen MR) is 165 cm³/mol. The summed E-state index contributed by atoms with van der Waals surface area (Å²) in [6, 6.07) is 8.94. The lowest BCUT2D eigenvalue weighted by atomic mass is 9.80. The number of ether oxygens (including phenoxy) is 1. The van der Waals surface area contributed by atoms with Gasteiger partial charge in [0.2, 0.25) is 5.91 Å². The smallest absolute Gasteiger partial charge is 0.230 e. The number of aliphatic imine (C=N–C) groups is 1. The van der Waals surface area contributed by atoms with Gasteiger partial charge in [0.15, 0.2) is 0 Å². The second-order valence-electron chi connectivity index (χ2n) is 12.5. The summed E-state index contributed by atoms with van der Waals surface area (Å²) >= 11 is 0. The van der Waals surface area contributed by atoms with E-state index in [-0.39, 0.29) is 17.9 Å². The Morgan fingerprint density at radius 1 is 1.07 bits per heavy atom. The molecule has 3 saturated carbocycles. The topological polar surface area (TPSA) is 80.0 Å². The molecule has 0 aliphatic heterocycles. The number of anilines is 1. The Labute approximate surface area is 245 Å². The van der Waals surface area contributed by atoms with Crippen LogP contribution in [0.5, 0.6) is 0 Å². The molecule has 1 amide bonds. The first-order chi connectivity index (χ1) is 19.8. The number of aliphatic hydroxyl groups is 1. The molecule has 0 unspecified atom stereocenters. The third-order valence-electron chi connectivity index (χ3n) is 9.14. The summed E-state index contributed by atoms with van der Waals surface area (Å²) in [4.78, 5) is 20.7. The highest BCUT2D eigenvalue weighted by atomic mass is 16.5. The van der Waals surface area contributed by atoms with Crippen molar-refractivity contribution < 1.29 is 14.6 Å². The lowest BCUT2D eigenvalue weighted by molar-refractivity contribution is -0.124. The zero-order valence-electron chi connectivity index (χ0n) is 25.0. The molecule has 7 nitrogen and oxygen atoms in total. The zero-order chi connectivity index (χ0) is 28.9. The molecule has 3 fully saturated rings. The molecule has 7 heteroatoms. The molecule has 2 aromatic rings. The van der Waals surface area contributed by atoms with E-state index in [0.717, 1.165) is 78.9 Å². The Kier molecular flexibility index (Phi) is 9.43. The molecule has 41 heavy (non-hydrogen) atoms. The minimum Gasteiger partial charge on any atom is -0.495 e. The normalized spacial score (nSPS) is 24.7. The number of methoxy groups -OCH3 is 1. The molecule has 0 atom stereocenters. The van der Waals surface area contributed by atoms with Gasteiger partial charge in [0.25, 0.3) is 0 Å². The van der Waals surface area contributed by atoms with Crippen LogP contribution in [-0.4, -0.2) is 46.8 Å². The van der Waals surface area contributed by atoms with Crippen molar-refractivity contribution in [2.75, 3.05) is 18.6 Å². The molecule has 220 valence electrons. The maximum atomic E-state index is 14.0. The second kappa shape index (κ2) is 13.2. The van der Waals surface area contributed by atoms with Gasteiger partial charge in [-0.2, -0.15) is 5.10 Å². The van der Waals surface area contributed by atoms with Crippen molar-refractivity contribution in [3.05, 3.63) is 60.3 Å². The molecule has 5 rings (SSSR count). The largest absolute Gasteiger partial charge is 0.495 e. The molecule has 0 spiro atoms. The Bertz CT molecular complexity index is 1270. The Morgan fingerprint density at radius 3 is 2.44 bits per heavy atom. The summed E-state index contributed by atoms with van der Waals surface area (Å²) in [5.74, 6) is 1.73. The van der Waals surface area contributed by atoms with Gasteiger partial charge in [0.05, 0.1) is 31.7 Å². The summed E-state index contributed by atoms with van der Waals surface area (Å²) < 4.78 is 7.49. The number of aliphatic hydroxyl groups excluding tert-OH is 1. The lowest BCUT2D eigenvalue weighted by Gasteiger charge is -2.35. The fraction of sp³-hybridized carbons (Fsp3) is 0.559. The zero-order valence-corrected chi connectivity index (χ0v) is 25.0. The standard InChI is InChI=1S/C34H46N4O3/c1-23(2)33(41-4)20-35-24(3)26-10-8-25(9-11-26)21-37(34(40)27-12-16-32(39)17-13-27)31-7-5-6-28(18-31)29-19-36-38(22-29)30-14-15-30/h5-7,18-20,22,25-27,30,32,39H,3,8-17,21H2,1-2,4H3/b35-20-/t25-,26-,27-,32-. The fourth-order valence-electron chi connectivity index (χ4n) is 6.31. The van der Waals surface area contributed by atoms with Crippen molar-refractivity contribution in [1.29, 1.82) is 0 Å². The third-order valence-corrected chi connectivity index (χ3v) is 9.14. The first kappa shape index (κ1) is 29.3. The van der Waals surface area contributed by atoms with E-state index in [0.29, 0.717) is 30.7 Å². The minimum absolute atomic E-state index is 0.0322. The molecule has 0 radical (unpaired) electrons. The quantitative estimate of drug-likeness (QED) is 0.249. The predicted octanol–water partition coefficient (Wildman–Crippen LogP) is 7.10. The molecule has 0 saturated heterocycles. The van der Waals surface area contributed by atoms with Crippen LogP contribution in [0.2, 0.25) is 0 Å². The average molecular weight is 559 g/mol. The number of hydrogen-bond acceptors (Lipinski definition) is 5. The van der Waals surface area contributed by atoms with Gasteiger partial charge in [0, 0.05) is 41.5 Å². The summed E-state index contributed by atoms with van der Waals surface area (Å²) in [6.07, 6.45) is 15.0. The number of hydrogen-bond donors (Lipinski definition) is 1. The Morgan fingerprint density at radius 2 is 1.78 bits per heavy atom.